The van der Waals surface area contributed by atoms with Crippen molar-refractivity contribution in [1.29, 1.82) is 0 Å². The van der Waals surface area contributed by atoms with Gasteiger partial charge in [-0.3, -0.25) is 4.79 Å². The molecule has 23 heavy (non-hydrogen) atoms. The van der Waals surface area contributed by atoms with Crippen molar-refractivity contribution in [2.45, 2.75) is 38.5 Å². The lowest BCUT2D eigenvalue weighted by molar-refractivity contribution is -0.117. The van der Waals surface area contributed by atoms with E-state index in [0.29, 0.717) is 11.6 Å². The summed E-state index contributed by atoms with van der Waals surface area (Å²) in [5.74, 6) is 0.476. The van der Waals surface area contributed by atoms with E-state index in [2.05, 4.69) is 20.2 Å². The van der Waals surface area contributed by atoms with E-state index in [-0.39, 0.29) is 17.5 Å². The molecule has 0 radical (unpaired) electrons. The Balaban J connectivity index is 1.87. The van der Waals surface area contributed by atoms with Crippen LogP contribution in [0.1, 0.15) is 49.0 Å². The number of ether oxygens (including phenoxy) is 1. The van der Waals surface area contributed by atoms with Crippen LogP contribution in [-0.2, 0) is 9.53 Å². The molecule has 7 heteroatoms. The maximum atomic E-state index is 12.0. The summed E-state index contributed by atoms with van der Waals surface area (Å²) in [5.41, 5.74) is 0.207. The molecule has 2 aliphatic rings. The number of esters is 1. The monoisotopic (exact) mass is 318 g/mol. The zero-order chi connectivity index (χ0) is 16.2. The molecular formula is C16H22N4O3. The van der Waals surface area contributed by atoms with Gasteiger partial charge in [0.2, 0.25) is 5.91 Å². The quantitative estimate of drug-likeness (QED) is 0.855. The van der Waals surface area contributed by atoms with E-state index >= 15 is 0 Å². The summed E-state index contributed by atoms with van der Waals surface area (Å²) in [6.45, 7) is 1.66. The Morgan fingerprint density at radius 3 is 2.52 bits per heavy atom. The molecular weight excluding hydrogens is 296 g/mol. The Bertz CT molecular complexity index is 593. The molecule has 3 rings (SSSR count). The van der Waals surface area contributed by atoms with Crippen LogP contribution >= 0.6 is 0 Å². The van der Waals surface area contributed by atoms with Gasteiger partial charge in [-0.2, -0.15) is 0 Å². The second kappa shape index (κ2) is 6.93. The first-order chi connectivity index (χ1) is 11.2. The normalized spacial score (nSPS) is 18.2. The molecule has 124 valence electrons. The second-order valence-corrected chi connectivity index (χ2v) is 6.08. The molecule has 1 aliphatic heterocycles. The summed E-state index contributed by atoms with van der Waals surface area (Å²) in [6.07, 6.45) is 7.75. The van der Waals surface area contributed by atoms with Crippen LogP contribution in [0.15, 0.2) is 6.20 Å². The molecule has 0 unspecified atom stereocenters. The van der Waals surface area contributed by atoms with Crippen molar-refractivity contribution in [2.75, 3.05) is 30.4 Å². The number of carbonyl (C=O) groups is 2. The zero-order valence-electron chi connectivity index (χ0n) is 13.4. The molecule has 0 bridgehead atoms. The van der Waals surface area contributed by atoms with Crippen molar-refractivity contribution < 1.29 is 14.3 Å². The molecule has 2 heterocycles. The van der Waals surface area contributed by atoms with E-state index < -0.39 is 5.97 Å². The predicted molar refractivity (Wildman–Crippen MR) is 85.4 cm³/mol. The van der Waals surface area contributed by atoms with Gasteiger partial charge in [0, 0.05) is 19.0 Å². The largest absolute Gasteiger partial charge is 0.464 e. The van der Waals surface area contributed by atoms with Gasteiger partial charge in [0.05, 0.1) is 13.3 Å². The summed E-state index contributed by atoms with van der Waals surface area (Å²) in [4.78, 5) is 34.6. The fraction of sp³-hybridized carbons (Fsp3) is 0.625. The summed E-state index contributed by atoms with van der Waals surface area (Å²) in [5, 5.41) is 2.79. The minimum absolute atomic E-state index is 0.0214. The maximum Gasteiger partial charge on any atom is 0.360 e. The molecule has 0 atom stereocenters. The maximum absolute atomic E-state index is 12.0. The first kappa shape index (κ1) is 15.7. The smallest absolute Gasteiger partial charge is 0.360 e. The van der Waals surface area contributed by atoms with Gasteiger partial charge in [0.1, 0.15) is 0 Å². The van der Waals surface area contributed by atoms with Crippen LogP contribution < -0.4 is 10.2 Å². The van der Waals surface area contributed by atoms with Crippen LogP contribution in [0, 0.1) is 5.92 Å². The van der Waals surface area contributed by atoms with Crippen LogP contribution in [0.3, 0.4) is 0 Å². The van der Waals surface area contributed by atoms with Gasteiger partial charge in [-0.05, 0) is 25.7 Å². The lowest BCUT2D eigenvalue weighted by Crippen LogP contribution is -2.28. The van der Waals surface area contributed by atoms with Crippen LogP contribution in [-0.4, -0.2) is 42.0 Å². The Morgan fingerprint density at radius 1 is 1.22 bits per heavy atom. The average molecular weight is 318 g/mol. The first-order valence-corrected chi connectivity index (χ1v) is 8.20. The fourth-order valence-electron chi connectivity index (χ4n) is 2.76. The Labute approximate surface area is 135 Å². The summed E-state index contributed by atoms with van der Waals surface area (Å²) in [7, 11) is 1.33. The number of amides is 1. The standard InChI is InChI=1S/C16H22N4O3/c1-23-16(22)13-14(20-8-4-2-3-5-9-20)18-12(10-17-13)19-15(21)11-6-7-11/h10-11H,2-9H2,1H3,(H,18,19,21). The zero-order valence-corrected chi connectivity index (χ0v) is 13.4. The highest BCUT2D eigenvalue weighted by Crippen LogP contribution is 2.30. The van der Waals surface area contributed by atoms with Gasteiger partial charge in [-0.15, -0.1) is 0 Å². The highest BCUT2D eigenvalue weighted by atomic mass is 16.5. The summed E-state index contributed by atoms with van der Waals surface area (Å²) >= 11 is 0. The number of nitrogens with one attached hydrogen (secondary N) is 1. The third-order valence-electron chi connectivity index (χ3n) is 4.24. The minimum atomic E-state index is -0.503. The van der Waals surface area contributed by atoms with Gasteiger partial charge >= 0.3 is 5.97 Å². The molecule has 7 nitrogen and oxygen atoms in total. The Hall–Kier alpha value is -2.18. The SMILES string of the molecule is COC(=O)c1ncc(NC(=O)C2CC2)nc1N1CCCCCC1. The lowest BCUT2D eigenvalue weighted by Gasteiger charge is -2.23. The highest BCUT2D eigenvalue weighted by molar-refractivity contribution is 5.95. The van der Waals surface area contributed by atoms with Crippen molar-refractivity contribution in [3.8, 4) is 0 Å². The number of hydrogen-bond acceptors (Lipinski definition) is 6. The van der Waals surface area contributed by atoms with Gasteiger partial charge in [0.15, 0.2) is 17.3 Å². The van der Waals surface area contributed by atoms with Crippen molar-refractivity contribution >= 4 is 23.5 Å². The van der Waals surface area contributed by atoms with E-state index in [9.17, 15) is 9.59 Å². The highest BCUT2D eigenvalue weighted by Gasteiger charge is 2.30. The molecule has 1 aromatic heterocycles. The van der Waals surface area contributed by atoms with Gasteiger partial charge in [-0.25, -0.2) is 14.8 Å². The fourth-order valence-corrected chi connectivity index (χ4v) is 2.76. The molecule has 2 fully saturated rings. The number of carbonyl (C=O) groups excluding carboxylic acids is 2. The molecule has 1 saturated carbocycles. The van der Waals surface area contributed by atoms with E-state index in [1.807, 2.05) is 0 Å². The topological polar surface area (TPSA) is 84.4 Å². The van der Waals surface area contributed by atoms with E-state index in [0.717, 1.165) is 38.8 Å². The van der Waals surface area contributed by atoms with Gasteiger partial charge in [-0.1, -0.05) is 12.8 Å². The van der Waals surface area contributed by atoms with Crippen molar-refractivity contribution in [1.82, 2.24) is 9.97 Å². The Kier molecular flexibility index (Phi) is 4.73. The molecule has 0 spiro atoms. The average Bonchev–Trinajstić information content (AvgIpc) is 3.40. The van der Waals surface area contributed by atoms with Crippen molar-refractivity contribution in [2.24, 2.45) is 5.92 Å². The number of hydrogen-bond donors (Lipinski definition) is 1. The number of anilines is 2. The third kappa shape index (κ3) is 3.78. The van der Waals surface area contributed by atoms with E-state index in [1.54, 1.807) is 0 Å². The minimum Gasteiger partial charge on any atom is -0.464 e. The van der Waals surface area contributed by atoms with Crippen LogP contribution in [0.4, 0.5) is 11.6 Å². The molecule has 1 aromatic rings. The summed E-state index contributed by atoms with van der Waals surface area (Å²) < 4.78 is 4.81. The molecule has 1 N–H and O–H groups in total. The first-order valence-electron chi connectivity index (χ1n) is 8.20. The van der Waals surface area contributed by atoms with Crippen LogP contribution in [0.25, 0.3) is 0 Å². The van der Waals surface area contributed by atoms with Crippen molar-refractivity contribution in [3.63, 3.8) is 0 Å². The third-order valence-corrected chi connectivity index (χ3v) is 4.24. The number of methoxy groups -OCH3 is 1. The molecule has 1 saturated heterocycles. The van der Waals surface area contributed by atoms with Crippen LogP contribution in [0.5, 0.6) is 0 Å². The Morgan fingerprint density at radius 2 is 1.91 bits per heavy atom. The van der Waals surface area contributed by atoms with Crippen molar-refractivity contribution in [3.05, 3.63) is 11.9 Å². The van der Waals surface area contributed by atoms with Gasteiger partial charge in [0.25, 0.3) is 0 Å². The van der Waals surface area contributed by atoms with Gasteiger partial charge < -0.3 is 15.0 Å². The number of aromatic nitrogens is 2. The molecule has 0 aromatic carbocycles. The lowest BCUT2D eigenvalue weighted by atomic mass is 10.2. The van der Waals surface area contributed by atoms with E-state index in [1.165, 1.54) is 26.1 Å². The second-order valence-electron chi connectivity index (χ2n) is 6.08. The number of rotatable bonds is 4. The molecule has 1 aliphatic carbocycles. The predicted octanol–water partition coefficient (Wildman–Crippen LogP) is 1.99. The van der Waals surface area contributed by atoms with Crippen LogP contribution in [0.2, 0.25) is 0 Å². The van der Waals surface area contributed by atoms with E-state index in [4.69, 9.17) is 4.74 Å². The summed E-state index contributed by atoms with van der Waals surface area (Å²) in [6, 6.07) is 0. The molecule has 1 amide bonds. The number of nitrogens with zero attached hydrogens (tertiary/aromatic N) is 3.